The van der Waals surface area contributed by atoms with Crippen LogP contribution in [0.1, 0.15) is 16.1 Å². The first kappa shape index (κ1) is 14.8. The summed E-state index contributed by atoms with van der Waals surface area (Å²) in [5.41, 5.74) is 3.24. The van der Waals surface area contributed by atoms with Gasteiger partial charge in [-0.2, -0.15) is 0 Å². The van der Waals surface area contributed by atoms with E-state index in [1.807, 2.05) is 30.5 Å². The number of carbonyl (C=O) groups excluding carboxylic acids is 1. The SMILES string of the molecule is COc1cc(C)ccc1OCCn1cc(C(=O)NN)nn1. The van der Waals surface area contributed by atoms with E-state index in [4.69, 9.17) is 15.3 Å². The smallest absolute Gasteiger partial charge is 0.287 e. The molecule has 0 aliphatic heterocycles. The molecular weight excluding hydrogens is 274 g/mol. The topological polar surface area (TPSA) is 104 Å². The van der Waals surface area contributed by atoms with Gasteiger partial charge >= 0.3 is 0 Å². The highest BCUT2D eigenvalue weighted by atomic mass is 16.5. The summed E-state index contributed by atoms with van der Waals surface area (Å²) in [5, 5.41) is 7.51. The van der Waals surface area contributed by atoms with Gasteiger partial charge in [-0.1, -0.05) is 11.3 Å². The maximum atomic E-state index is 11.2. The second kappa shape index (κ2) is 6.71. The second-order valence-corrected chi connectivity index (χ2v) is 4.34. The number of nitrogens with zero attached hydrogens (tertiary/aromatic N) is 3. The highest BCUT2D eigenvalue weighted by Gasteiger charge is 2.09. The summed E-state index contributed by atoms with van der Waals surface area (Å²) in [6.45, 7) is 2.79. The number of nitrogen functional groups attached to an aromatic ring is 1. The molecule has 8 heteroatoms. The van der Waals surface area contributed by atoms with Gasteiger partial charge in [0.25, 0.3) is 5.91 Å². The van der Waals surface area contributed by atoms with Crippen molar-refractivity contribution in [2.75, 3.05) is 13.7 Å². The molecule has 3 N–H and O–H groups in total. The van der Waals surface area contributed by atoms with E-state index in [9.17, 15) is 4.79 Å². The molecule has 2 aromatic rings. The number of aromatic nitrogens is 3. The summed E-state index contributed by atoms with van der Waals surface area (Å²) in [6, 6.07) is 5.69. The third-order valence-electron chi connectivity index (χ3n) is 2.80. The van der Waals surface area contributed by atoms with E-state index in [0.29, 0.717) is 24.7 Å². The average Bonchev–Trinajstić information content (AvgIpc) is 2.96. The Kier molecular flexibility index (Phi) is 4.72. The van der Waals surface area contributed by atoms with Gasteiger partial charge in [0, 0.05) is 0 Å². The minimum atomic E-state index is -0.484. The van der Waals surface area contributed by atoms with Crippen molar-refractivity contribution in [3.05, 3.63) is 35.7 Å². The molecule has 0 bridgehead atoms. The van der Waals surface area contributed by atoms with Crippen LogP contribution in [-0.2, 0) is 6.54 Å². The van der Waals surface area contributed by atoms with E-state index in [-0.39, 0.29) is 5.69 Å². The number of hydrogen-bond acceptors (Lipinski definition) is 6. The number of nitrogens with one attached hydrogen (secondary N) is 1. The lowest BCUT2D eigenvalue weighted by atomic mass is 10.2. The van der Waals surface area contributed by atoms with Crippen LogP contribution in [0.4, 0.5) is 0 Å². The molecule has 0 saturated carbocycles. The Morgan fingerprint density at radius 2 is 2.24 bits per heavy atom. The van der Waals surface area contributed by atoms with Gasteiger partial charge in [0.1, 0.15) is 6.61 Å². The number of benzene rings is 1. The van der Waals surface area contributed by atoms with Crippen LogP contribution in [0.3, 0.4) is 0 Å². The van der Waals surface area contributed by atoms with Gasteiger partial charge < -0.3 is 9.47 Å². The summed E-state index contributed by atoms with van der Waals surface area (Å²) >= 11 is 0. The van der Waals surface area contributed by atoms with Crippen molar-refractivity contribution in [3.63, 3.8) is 0 Å². The van der Waals surface area contributed by atoms with E-state index in [1.54, 1.807) is 7.11 Å². The molecule has 1 aromatic heterocycles. The van der Waals surface area contributed by atoms with E-state index < -0.39 is 5.91 Å². The normalized spacial score (nSPS) is 10.2. The molecular formula is C13H17N5O3. The number of nitrogens with two attached hydrogens (primary N) is 1. The van der Waals surface area contributed by atoms with Crippen molar-refractivity contribution in [2.45, 2.75) is 13.5 Å². The quantitative estimate of drug-likeness (QED) is 0.450. The molecule has 8 nitrogen and oxygen atoms in total. The van der Waals surface area contributed by atoms with Gasteiger partial charge in [-0.15, -0.1) is 5.10 Å². The molecule has 0 aliphatic rings. The fraction of sp³-hybridized carbons (Fsp3) is 0.308. The second-order valence-electron chi connectivity index (χ2n) is 4.34. The Morgan fingerprint density at radius 1 is 1.43 bits per heavy atom. The van der Waals surface area contributed by atoms with Gasteiger partial charge in [-0.3, -0.25) is 10.2 Å². The van der Waals surface area contributed by atoms with Crippen LogP contribution in [0.25, 0.3) is 0 Å². The standard InChI is InChI=1S/C13H17N5O3/c1-9-3-4-11(12(7-9)20-2)21-6-5-18-8-10(16-17-18)13(19)15-14/h3-4,7-8H,5-6,14H2,1-2H3,(H,15,19). The first-order valence-corrected chi connectivity index (χ1v) is 6.32. The molecule has 0 saturated heterocycles. The molecule has 112 valence electrons. The average molecular weight is 291 g/mol. The van der Waals surface area contributed by atoms with Crippen LogP contribution in [0.2, 0.25) is 0 Å². The van der Waals surface area contributed by atoms with E-state index in [2.05, 4.69) is 10.3 Å². The lowest BCUT2D eigenvalue weighted by Gasteiger charge is -2.11. The summed E-state index contributed by atoms with van der Waals surface area (Å²) in [6.07, 6.45) is 1.50. The Labute approximate surface area is 121 Å². The van der Waals surface area contributed by atoms with Crippen LogP contribution < -0.4 is 20.7 Å². The third kappa shape index (κ3) is 3.69. The number of methoxy groups -OCH3 is 1. The molecule has 1 amide bonds. The maximum Gasteiger partial charge on any atom is 0.287 e. The first-order valence-electron chi connectivity index (χ1n) is 6.32. The molecule has 2 rings (SSSR count). The lowest BCUT2D eigenvalue weighted by Crippen LogP contribution is -2.30. The number of amides is 1. The summed E-state index contributed by atoms with van der Waals surface area (Å²) in [5.74, 6) is 5.87. The third-order valence-corrected chi connectivity index (χ3v) is 2.80. The number of rotatable bonds is 6. The van der Waals surface area contributed by atoms with Crippen LogP contribution in [-0.4, -0.2) is 34.6 Å². The predicted octanol–water partition coefficient (Wildman–Crippen LogP) is 0.278. The van der Waals surface area contributed by atoms with E-state index in [0.717, 1.165) is 5.56 Å². The monoisotopic (exact) mass is 291 g/mol. The summed E-state index contributed by atoms with van der Waals surface area (Å²) in [4.78, 5) is 11.2. The van der Waals surface area contributed by atoms with Crippen molar-refractivity contribution >= 4 is 5.91 Å². The number of hydrogen-bond donors (Lipinski definition) is 2. The number of carbonyl (C=O) groups is 1. The highest BCUT2D eigenvalue weighted by Crippen LogP contribution is 2.27. The number of ether oxygens (including phenoxy) is 2. The molecule has 0 unspecified atom stereocenters. The van der Waals surface area contributed by atoms with Crippen LogP contribution in [0, 0.1) is 6.92 Å². The Bertz CT molecular complexity index is 626. The minimum absolute atomic E-state index is 0.158. The first-order chi connectivity index (χ1) is 10.1. The predicted molar refractivity (Wildman–Crippen MR) is 74.9 cm³/mol. The lowest BCUT2D eigenvalue weighted by molar-refractivity contribution is 0.0948. The zero-order valence-electron chi connectivity index (χ0n) is 11.9. The molecule has 21 heavy (non-hydrogen) atoms. The highest BCUT2D eigenvalue weighted by molar-refractivity contribution is 5.91. The molecule has 1 heterocycles. The molecule has 0 aliphatic carbocycles. The van der Waals surface area contributed by atoms with Gasteiger partial charge in [0.2, 0.25) is 0 Å². The van der Waals surface area contributed by atoms with Crippen molar-refractivity contribution in [2.24, 2.45) is 5.84 Å². The molecule has 0 spiro atoms. The molecule has 1 aromatic carbocycles. The van der Waals surface area contributed by atoms with E-state index >= 15 is 0 Å². The summed E-state index contributed by atoms with van der Waals surface area (Å²) < 4.78 is 12.4. The molecule has 0 atom stereocenters. The Hall–Kier alpha value is -2.61. The van der Waals surface area contributed by atoms with Crippen LogP contribution >= 0.6 is 0 Å². The summed E-state index contributed by atoms with van der Waals surface area (Å²) in [7, 11) is 1.59. The number of hydrazine groups is 1. The minimum Gasteiger partial charge on any atom is -0.493 e. The molecule has 0 radical (unpaired) electrons. The van der Waals surface area contributed by atoms with Crippen molar-refractivity contribution in [1.29, 1.82) is 0 Å². The van der Waals surface area contributed by atoms with Crippen molar-refractivity contribution < 1.29 is 14.3 Å². The zero-order valence-corrected chi connectivity index (χ0v) is 11.9. The van der Waals surface area contributed by atoms with Gasteiger partial charge in [-0.25, -0.2) is 10.5 Å². The molecule has 0 fully saturated rings. The fourth-order valence-corrected chi connectivity index (χ4v) is 1.73. The maximum absolute atomic E-state index is 11.2. The Morgan fingerprint density at radius 3 is 2.95 bits per heavy atom. The van der Waals surface area contributed by atoms with Crippen molar-refractivity contribution in [1.82, 2.24) is 20.4 Å². The van der Waals surface area contributed by atoms with Crippen molar-refractivity contribution in [3.8, 4) is 11.5 Å². The van der Waals surface area contributed by atoms with E-state index in [1.165, 1.54) is 10.9 Å². The largest absolute Gasteiger partial charge is 0.493 e. The van der Waals surface area contributed by atoms with Crippen LogP contribution in [0.15, 0.2) is 24.4 Å². The number of aryl methyl sites for hydroxylation is 1. The Balaban J connectivity index is 1.92. The van der Waals surface area contributed by atoms with Gasteiger partial charge in [-0.05, 0) is 24.6 Å². The zero-order chi connectivity index (χ0) is 15.2. The fourth-order valence-electron chi connectivity index (χ4n) is 1.73. The van der Waals surface area contributed by atoms with Gasteiger partial charge in [0.15, 0.2) is 17.2 Å². The van der Waals surface area contributed by atoms with Gasteiger partial charge in [0.05, 0.1) is 19.9 Å². The van der Waals surface area contributed by atoms with Crippen LogP contribution in [0.5, 0.6) is 11.5 Å².